The lowest BCUT2D eigenvalue weighted by molar-refractivity contribution is -0.237. The number of carbonyl (C=O) groups is 2. The number of fused-ring (bicyclic) bond motifs is 2. The van der Waals surface area contributed by atoms with Gasteiger partial charge in [0.1, 0.15) is 5.41 Å². The van der Waals surface area contributed by atoms with Crippen molar-refractivity contribution in [2.45, 2.75) is 93.3 Å². The number of allylic oxidation sites excluding steroid dienone is 6. The van der Waals surface area contributed by atoms with Gasteiger partial charge in [0.05, 0.1) is 12.2 Å². The summed E-state index contributed by atoms with van der Waals surface area (Å²) in [5, 5.41) is 24.3. The van der Waals surface area contributed by atoms with Crippen molar-refractivity contribution in [3.63, 3.8) is 0 Å². The van der Waals surface area contributed by atoms with E-state index in [1.54, 1.807) is 24.3 Å². The lowest BCUT2D eigenvalue weighted by Crippen LogP contribution is -2.76. The summed E-state index contributed by atoms with van der Waals surface area (Å²) in [5.74, 6) is -1.49. The minimum Gasteiger partial charge on any atom is -0.392 e. The van der Waals surface area contributed by atoms with E-state index in [0.29, 0.717) is 31.2 Å². The van der Waals surface area contributed by atoms with Crippen LogP contribution in [-0.4, -0.2) is 34.0 Å². The first-order chi connectivity index (χ1) is 17.2. The van der Waals surface area contributed by atoms with Gasteiger partial charge in [-0.3, -0.25) is 9.59 Å². The Bertz CT molecular complexity index is 1100. The van der Waals surface area contributed by atoms with Gasteiger partial charge in [-0.25, -0.2) is 0 Å². The van der Waals surface area contributed by atoms with Crippen molar-refractivity contribution in [1.29, 1.82) is 0 Å². The molecule has 6 atom stereocenters. The summed E-state index contributed by atoms with van der Waals surface area (Å²) in [6, 6.07) is 8.91. The van der Waals surface area contributed by atoms with Crippen LogP contribution in [0.15, 0.2) is 65.3 Å². The molecule has 2 N–H and O–H groups in total. The Morgan fingerprint density at radius 1 is 0.892 bits per heavy atom. The Morgan fingerprint density at radius 2 is 1.43 bits per heavy atom. The number of hydrogen-bond donors (Lipinski definition) is 2. The monoisotopic (exact) mass is 506 g/mol. The zero-order chi connectivity index (χ0) is 27.8. The highest BCUT2D eigenvalue weighted by atomic mass is 16.3. The van der Waals surface area contributed by atoms with Crippen molar-refractivity contribution in [3.05, 3.63) is 70.8 Å². The molecular formula is C33H46O4. The second-order valence-corrected chi connectivity index (χ2v) is 12.7. The van der Waals surface area contributed by atoms with Gasteiger partial charge in [-0.1, -0.05) is 79.1 Å². The van der Waals surface area contributed by atoms with Crippen molar-refractivity contribution in [2.24, 2.45) is 28.1 Å². The first kappa shape index (κ1) is 29.3. The Morgan fingerprint density at radius 3 is 1.97 bits per heavy atom. The van der Waals surface area contributed by atoms with E-state index >= 15 is 0 Å². The number of benzene rings is 1. The van der Waals surface area contributed by atoms with Gasteiger partial charge < -0.3 is 10.2 Å². The Kier molecular flexibility index (Phi) is 8.56. The number of carbonyl (C=O) groups excluding carboxylic acids is 2. The van der Waals surface area contributed by atoms with Gasteiger partial charge >= 0.3 is 0 Å². The van der Waals surface area contributed by atoms with E-state index in [9.17, 15) is 19.8 Å². The Labute approximate surface area is 223 Å². The summed E-state index contributed by atoms with van der Waals surface area (Å²) < 4.78 is 0. The average molecular weight is 507 g/mol. The summed E-state index contributed by atoms with van der Waals surface area (Å²) in [6.45, 7) is 16.0. The minimum atomic E-state index is -1.67. The molecule has 37 heavy (non-hydrogen) atoms. The van der Waals surface area contributed by atoms with Crippen LogP contribution in [0.5, 0.6) is 0 Å². The Balaban J connectivity index is 2.38. The van der Waals surface area contributed by atoms with E-state index in [1.165, 1.54) is 5.57 Å². The van der Waals surface area contributed by atoms with Crippen LogP contribution < -0.4 is 0 Å². The molecule has 0 aliphatic heterocycles. The van der Waals surface area contributed by atoms with Crippen molar-refractivity contribution in [3.8, 4) is 0 Å². The molecular weight excluding hydrogens is 460 g/mol. The minimum absolute atomic E-state index is 0.0768. The number of aliphatic hydroxyl groups is 2. The number of rotatable bonds is 8. The predicted molar refractivity (Wildman–Crippen MR) is 150 cm³/mol. The van der Waals surface area contributed by atoms with E-state index in [2.05, 4.69) is 6.08 Å². The van der Waals surface area contributed by atoms with Crippen LogP contribution in [-0.2, 0) is 4.79 Å². The molecule has 2 aliphatic rings. The smallest absolute Gasteiger partial charge is 0.179 e. The zero-order valence-electron chi connectivity index (χ0n) is 24.0. The van der Waals surface area contributed by atoms with Gasteiger partial charge in [0, 0.05) is 16.9 Å². The van der Waals surface area contributed by atoms with Crippen LogP contribution in [0.25, 0.3) is 0 Å². The van der Waals surface area contributed by atoms with Crippen LogP contribution in [0.1, 0.15) is 91.4 Å². The molecule has 0 spiro atoms. The molecule has 4 heteroatoms. The van der Waals surface area contributed by atoms with Crippen LogP contribution in [0, 0.1) is 28.1 Å². The molecule has 2 saturated carbocycles. The standard InChI is InChI=1S/C33H46O4/c1-21(2)14-16-25-20-32(19-18-23(5)6)28(35)26(17-15-22(3)4)29(36)33(30(32)37,31(25,7)8)27(34)24-12-10-9-11-13-24/h9-15,18,25-26,28,30,35,37H,16-17,19-20H2,1-8H3. The molecule has 0 aromatic heterocycles. The number of Topliss-reactive ketones (excluding diaryl/α,β-unsaturated/α-hetero) is 2. The summed E-state index contributed by atoms with van der Waals surface area (Å²) in [6.07, 6.45) is 5.82. The molecule has 2 aliphatic carbocycles. The van der Waals surface area contributed by atoms with Crippen molar-refractivity contribution in [2.75, 3.05) is 0 Å². The van der Waals surface area contributed by atoms with Gasteiger partial charge in [0.2, 0.25) is 0 Å². The molecule has 0 saturated heterocycles. The maximum Gasteiger partial charge on any atom is 0.179 e. The highest BCUT2D eigenvalue weighted by Crippen LogP contribution is 2.68. The van der Waals surface area contributed by atoms with Crippen LogP contribution in [0.2, 0.25) is 0 Å². The number of hydrogen-bond acceptors (Lipinski definition) is 4. The van der Waals surface area contributed by atoms with Crippen molar-refractivity contribution >= 4 is 11.6 Å². The zero-order valence-corrected chi connectivity index (χ0v) is 24.0. The van der Waals surface area contributed by atoms with Gasteiger partial charge in [0.15, 0.2) is 11.6 Å². The molecule has 0 heterocycles. The van der Waals surface area contributed by atoms with Gasteiger partial charge in [-0.2, -0.15) is 0 Å². The highest BCUT2D eigenvalue weighted by Gasteiger charge is 2.76. The van der Waals surface area contributed by atoms with Crippen molar-refractivity contribution in [1.82, 2.24) is 0 Å². The summed E-state index contributed by atoms with van der Waals surface area (Å²) in [4.78, 5) is 29.3. The third-order valence-electron chi connectivity index (χ3n) is 9.19. The third kappa shape index (κ3) is 4.83. The fourth-order valence-corrected chi connectivity index (χ4v) is 6.91. The fraction of sp³-hybridized carbons (Fsp3) is 0.576. The van der Waals surface area contributed by atoms with E-state index < -0.39 is 34.4 Å². The lowest BCUT2D eigenvalue weighted by Gasteiger charge is -2.67. The molecule has 6 unspecified atom stereocenters. The quantitative estimate of drug-likeness (QED) is 0.229. The predicted octanol–water partition coefficient (Wildman–Crippen LogP) is 6.88. The van der Waals surface area contributed by atoms with Crippen LogP contribution in [0.3, 0.4) is 0 Å². The highest BCUT2D eigenvalue weighted by molar-refractivity contribution is 6.17. The number of ketones is 2. The average Bonchev–Trinajstić information content (AvgIpc) is 2.82. The molecule has 202 valence electrons. The van der Waals surface area contributed by atoms with E-state index in [0.717, 1.165) is 11.1 Å². The van der Waals surface area contributed by atoms with E-state index in [4.69, 9.17) is 0 Å². The molecule has 2 fully saturated rings. The van der Waals surface area contributed by atoms with Crippen LogP contribution in [0.4, 0.5) is 0 Å². The topological polar surface area (TPSA) is 74.6 Å². The normalized spacial score (nSPS) is 32.3. The fourth-order valence-electron chi connectivity index (χ4n) is 6.91. The van der Waals surface area contributed by atoms with Gasteiger partial charge in [-0.05, 0) is 78.6 Å². The molecule has 0 radical (unpaired) electrons. The van der Waals surface area contributed by atoms with E-state index in [-0.39, 0.29) is 17.5 Å². The van der Waals surface area contributed by atoms with Gasteiger partial charge in [0.25, 0.3) is 0 Å². The maximum absolute atomic E-state index is 14.7. The molecule has 4 nitrogen and oxygen atoms in total. The first-order valence-corrected chi connectivity index (χ1v) is 13.6. The third-order valence-corrected chi connectivity index (χ3v) is 9.19. The first-order valence-electron chi connectivity index (χ1n) is 13.6. The molecule has 1 aromatic carbocycles. The number of aliphatic hydroxyl groups excluding tert-OH is 2. The molecule has 0 amide bonds. The SMILES string of the molecule is CC(C)=CCC1C(=O)C2(C(=O)c3ccccc3)C(O)C(CC=C(C)C)(CC(CC=C(C)C)C2(C)C)C1O. The van der Waals surface area contributed by atoms with Gasteiger partial charge in [-0.15, -0.1) is 0 Å². The second kappa shape index (κ2) is 10.8. The molecule has 2 bridgehead atoms. The second-order valence-electron chi connectivity index (χ2n) is 12.7. The summed E-state index contributed by atoms with van der Waals surface area (Å²) >= 11 is 0. The van der Waals surface area contributed by atoms with E-state index in [1.807, 2.05) is 73.6 Å². The Hall–Kier alpha value is -2.30. The molecule has 3 rings (SSSR count). The van der Waals surface area contributed by atoms with Crippen LogP contribution >= 0.6 is 0 Å². The summed E-state index contributed by atoms with van der Waals surface area (Å²) in [7, 11) is 0. The lowest BCUT2D eigenvalue weighted by atomic mass is 9.36. The molecule has 1 aromatic rings. The maximum atomic E-state index is 14.7. The largest absolute Gasteiger partial charge is 0.392 e. The summed E-state index contributed by atoms with van der Waals surface area (Å²) in [5.41, 5.74) is 0.227. The van der Waals surface area contributed by atoms with Crippen molar-refractivity contribution < 1.29 is 19.8 Å².